The van der Waals surface area contributed by atoms with Crippen LogP contribution in [0.4, 0.5) is 5.69 Å². The van der Waals surface area contributed by atoms with Gasteiger partial charge in [-0.2, -0.15) is 0 Å². The maximum atomic E-state index is 12.1. The second-order valence-corrected chi connectivity index (χ2v) is 5.88. The summed E-state index contributed by atoms with van der Waals surface area (Å²) in [5.41, 5.74) is 1.09. The highest BCUT2D eigenvalue weighted by Gasteiger charge is 2.07. The zero-order chi connectivity index (χ0) is 16.1. The number of nitrogens with zero attached hydrogens (tertiary/aromatic N) is 2. The minimum absolute atomic E-state index is 0.207. The topological polar surface area (TPSA) is 64.1 Å². The van der Waals surface area contributed by atoms with Crippen LogP contribution < -0.4 is 10.1 Å². The normalized spacial score (nSPS) is 10.1. The Labute approximate surface area is 146 Å². The van der Waals surface area contributed by atoms with Crippen LogP contribution in [0.2, 0.25) is 0 Å². The number of para-hydroxylation sites is 1. The van der Waals surface area contributed by atoms with Crippen LogP contribution in [-0.4, -0.2) is 15.9 Å². The van der Waals surface area contributed by atoms with E-state index in [1.165, 1.54) is 12.4 Å². The van der Waals surface area contributed by atoms with Gasteiger partial charge >= 0.3 is 6.01 Å². The Morgan fingerprint density at radius 1 is 0.957 bits per heavy atom. The van der Waals surface area contributed by atoms with Gasteiger partial charge in [-0.05, 0) is 59.0 Å². The molecule has 3 aromatic rings. The van der Waals surface area contributed by atoms with Gasteiger partial charge in [-0.1, -0.05) is 18.2 Å². The molecule has 1 amide bonds. The number of halogens is 1. The van der Waals surface area contributed by atoms with E-state index < -0.39 is 0 Å². The molecule has 3 rings (SSSR count). The number of ether oxygens (including phenoxy) is 1. The zero-order valence-electron chi connectivity index (χ0n) is 11.9. The van der Waals surface area contributed by atoms with Crippen molar-refractivity contribution in [3.8, 4) is 11.8 Å². The molecular formula is C17H12IN3O2. The summed E-state index contributed by atoms with van der Waals surface area (Å²) in [5, 5.41) is 2.75. The Hall–Kier alpha value is -2.48. The number of carbonyl (C=O) groups excluding carboxylic acids is 1. The monoisotopic (exact) mass is 417 g/mol. The lowest BCUT2D eigenvalue weighted by atomic mass is 10.2. The quantitative estimate of drug-likeness (QED) is 0.649. The van der Waals surface area contributed by atoms with Crippen molar-refractivity contribution in [1.82, 2.24) is 9.97 Å². The third-order valence-corrected chi connectivity index (χ3v) is 3.66. The minimum atomic E-state index is -0.207. The molecule has 0 spiro atoms. The maximum Gasteiger partial charge on any atom is 0.322 e. The summed E-state index contributed by atoms with van der Waals surface area (Å²) in [6.07, 6.45) is 3.02. The van der Waals surface area contributed by atoms with E-state index >= 15 is 0 Å². The summed E-state index contributed by atoms with van der Waals surface area (Å²) < 4.78 is 6.57. The van der Waals surface area contributed by atoms with Crippen molar-refractivity contribution >= 4 is 34.2 Å². The number of hydrogen-bond acceptors (Lipinski definition) is 4. The van der Waals surface area contributed by atoms with E-state index in [0.717, 1.165) is 3.57 Å². The molecule has 0 saturated carbocycles. The van der Waals surface area contributed by atoms with Crippen molar-refractivity contribution in [2.45, 2.75) is 0 Å². The third-order valence-electron chi connectivity index (χ3n) is 2.94. The van der Waals surface area contributed by atoms with E-state index in [9.17, 15) is 4.79 Å². The van der Waals surface area contributed by atoms with Crippen LogP contribution >= 0.6 is 22.6 Å². The molecular weight excluding hydrogens is 405 g/mol. The number of carbonyl (C=O) groups is 1. The Balaban J connectivity index is 1.65. The van der Waals surface area contributed by atoms with Crippen LogP contribution in [0, 0.1) is 3.57 Å². The van der Waals surface area contributed by atoms with Crippen molar-refractivity contribution in [3.05, 3.63) is 76.1 Å². The van der Waals surface area contributed by atoms with Crippen LogP contribution in [0.5, 0.6) is 11.8 Å². The van der Waals surface area contributed by atoms with Crippen LogP contribution in [0.15, 0.2) is 67.0 Å². The van der Waals surface area contributed by atoms with Gasteiger partial charge in [0.2, 0.25) is 0 Å². The van der Waals surface area contributed by atoms with E-state index in [2.05, 4.69) is 37.9 Å². The van der Waals surface area contributed by atoms with Gasteiger partial charge in [0.15, 0.2) is 0 Å². The average molecular weight is 417 g/mol. The molecule has 0 radical (unpaired) electrons. The van der Waals surface area contributed by atoms with Gasteiger partial charge in [0.1, 0.15) is 5.75 Å². The first kappa shape index (κ1) is 15.4. The fourth-order valence-corrected chi connectivity index (χ4v) is 2.19. The van der Waals surface area contributed by atoms with Gasteiger partial charge in [-0.3, -0.25) is 4.79 Å². The lowest BCUT2D eigenvalue weighted by Crippen LogP contribution is -2.12. The van der Waals surface area contributed by atoms with Gasteiger partial charge in [-0.25, -0.2) is 9.97 Å². The molecule has 1 N–H and O–H groups in total. The van der Waals surface area contributed by atoms with E-state index in [0.29, 0.717) is 17.0 Å². The lowest BCUT2D eigenvalue weighted by Gasteiger charge is -2.06. The summed E-state index contributed by atoms with van der Waals surface area (Å²) >= 11 is 2.19. The first-order valence-electron chi connectivity index (χ1n) is 6.82. The fourth-order valence-electron chi connectivity index (χ4n) is 1.83. The highest BCUT2D eigenvalue weighted by atomic mass is 127. The SMILES string of the molecule is O=C(Nc1cnc(Oc2ccccc2)nc1)c1ccc(I)cc1. The van der Waals surface area contributed by atoms with Crippen molar-refractivity contribution in [1.29, 1.82) is 0 Å². The number of hydrogen-bond donors (Lipinski definition) is 1. The summed E-state index contributed by atoms with van der Waals surface area (Å²) in [4.78, 5) is 20.3. The van der Waals surface area contributed by atoms with Crippen LogP contribution in [-0.2, 0) is 0 Å². The molecule has 0 fully saturated rings. The number of benzene rings is 2. The Kier molecular flexibility index (Phi) is 4.82. The predicted molar refractivity (Wildman–Crippen MR) is 95.7 cm³/mol. The number of aromatic nitrogens is 2. The highest BCUT2D eigenvalue weighted by Crippen LogP contribution is 2.17. The van der Waals surface area contributed by atoms with Crippen LogP contribution in [0.3, 0.4) is 0 Å². The Morgan fingerprint density at radius 2 is 1.61 bits per heavy atom. The van der Waals surface area contributed by atoms with Crippen LogP contribution in [0.25, 0.3) is 0 Å². The summed E-state index contributed by atoms with van der Waals surface area (Å²) in [6.45, 7) is 0. The first-order chi connectivity index (χ1) is 11.2. The molecule has 2 aromatic carbocycles. The second kappa shape index (κ2) is 7.19. The van der Waals surface area contributed by atoms with Crippen molar-refractivity contribution < 1.29 is 9.53 Å². The smallest absolute Gasteiger partial charge is 0.322 e. The largest absolute Gasteiger partial charge is 0.424 e. The molecule has 5 nitrogen and oxygen atoms in total. The van der Waals surface area contributed by atoms with Gasteiger partial charge in [0.25, 0.3) is 5.91 Å². The molecule has 0 aliphatic heterocycles. The standard InChI is InChI=1S/C17H12IN3O2/c18-13-8-6-12(7-9-13)16(22)21-14-10-19-17(20-11-14)23-15-4-2-1-3-5-15/h1-11H,(H,21,22). The molecule has 0 aliphatic carbocycles. The summed E-state index contributed by atoms with van der Waals surface area (Å²) in [7, 11) is 0. The number of anilines is 1. The minimum Gasteiger partial charge on any atom is -0.424 e. The summed E-state index contributed by atoms with van der Waals surface area (Å²) in [5.74, 6) is 0.449. The van der Waals surface area contributed by atoms with Gasteiger partial charge < -0.3 is 10.1 Å². The van der Waals surface area contributed by atoms with Gasteiger partial charge in [-0.15, -0.1) is 0 Å². The summed E-state index contributed by atoms with van der Waals surface area (Å²) in [6, 6.07) is 16.8. The third kappa shape index (κ3) is 4.26. The van der Waals surface area contributed by atoms with Gasteiger partial charge in [0.05, 0.1) is 18.1 Å². The van der Waals surface area contributed by atoms with E-state index in [4.69, 9.17) is 4.74 Å². The highest BCUT2D eigenvalue weighted by molar-refractivity contribution is 14.1. The molecule has 0 aliphatic rings. The Bertz CT molecular complexity index is 790. The molecule has 1 heterocycles. The van der Waals surface area contributed by atoms with E-state index in [1.807, 2.05) is 42.5 Å². The molecule has 0 unspecified atom stereocenters. The average Bonchev–Trinajstić information content (AvgIpc) is 2.58. The lowest BCUT2D eigenvalue weighted by molar-refractivity contribution is 0.102. The molecule has 114 valence electrons. The van der Waals surface area contributed by atoms with Gasteiger partial charge in [0, 0.05) is 9.13 Å². The molecule has 23 heavy (non-hydrogen) atoms. The molecule has 0 saturated heterocycles. The fraction of sp³-hybridized carbons (Fsp3) is 0. The molecule has 0 bridgehead atoms. The number of amides is 1. The maximum absolute atomic E-state index is 12.1. The van der Waals surface area contributed by atoms with Crippen molar-refractivity contribution in [2.75, 3.05) is 5.32 Å². The zero-order valence-corrected chi connectivity index (χ0v) is 14.1. The Morgan fingerprint density at radius 3 is 2.26 bits per heavy atom. The first-order valence-corrected chi connectivity index (χ1v) is 7.90. The van der Waals surface area contributed by atoms with Crippen molar-refractivity contribution in [2.24, 2.45) is 0 Å². The van der Waals surface area contributed by atoms with E-state index in [1.54, 1.807) is 12.1 Å². The van der Waals surface area contributed by atoms with Crippen LogP contribution in [0.1, 0.15) is 10.4 Å². The predicted octanol–water partition coefficient (Wildman–Crippen LogP) is 4.13. The van der Waals surface area contributed by atoms with Crippen molar-refractivity contribution in [3.63, 3.8) is 0 Å². The molecule has 1 aromatic heterocycles. The number of rotatable bonds is 4. The van der Waals surface area contributed by atoms with E-state index in [-0.39, 0.29) is 11.9 Å². The molecule has 6 heteroatoms. The molecule has 0 atom stereocenters. The number of nitrogens with one attached hydrogen (secondary N) is 1. The second-order valence-electron chi connectivity index (χ2n) is 4.63.